The maximum atomic E-state index is 12.7. The average Bonchev–Trinajstić information content (AvgIpc) is 3.28. The minimum Gasteiger partial charge on any atom is -0.462 e. The molecule has 0 heterocycles. The van der Waals surface area contributed by atoms with E-state index >= 15 is 0 Å². The molecule has 0 amide bonds. The number of ether oxygens (including phenoxy) is 3. The van der Waals surface area contributed by atoms with E-state index in [1.54, 1.807) is 0 Å². The third kappa shape index (κ3) is 48.7. The zero-order chi connectivity index (χ0) is 45.8. The van der Waals surface area contributed by atoms with Crippen LogP contribution in [0.3, 0.4) is 0 Å². The highest BCUT2D eigenvalue weighted by atomic mass is 16.6. The van der Waals surface area contributed by atoms with Gasteiger partial charge in [0.15, 0.2) is 6.10 Å². The number of hydrogen-bond acceptors (Lipinski definition) is 6. The van der Waals surface area contributed by atoms with Crippen molar-refractivity contribution in [3.63, 3.8) is 0 Å². The Balaban J connectivity index is 4.52. The van der Waals surface area contributed by atoms with Crippen LogP contribution >= 0.6 is 0 Å². The van der Waals surface area contributed by atoms with E-state index in [1.165, 1.54) is 70.6 Å². The third-order valence-electron chi connectivity index (χ3n) is 9.96. The second-order valence-electron chi connectivity index (χ2n) is 16.0. The van der Waals surface area contributed by atoms with Gasteiger partial charge in [-0.25, -0.2) is 0 Å². The number of esters is 3. The van der Waals surface area contributed by atoms with Crippen LogP contribution in [0.4, 0.5) is 0 Å². The fourth-order valence-corrected chi connectivity index (χ4v) is 6.26. The lowest BCUT2D eigenvalue weighted by Crippen LogP contribution is -2.30. The van der Waals surface area contributed by atoms with Crippen molar-refractivity contribution in [3.8, 4) is 0 Å². The van der Waals surface area contributed by atoms with Gasteiger partial charge in [-0.3, -0.25) is 14.4 Å². The van der Waals surface area contributed by atoms with E-state index in [1.807, 2.05) is 24.3 Å². The van der Waals surface area contributed by atoms with Gasteiger partial charge < -0.3 is 14.2 Å². The summed E-state index contributed by atoms with van der Waals surface area (Å²) < 4.78 is 16.6. The van der Waals surface area contributed by atoms with E-state index in [4.69, 9.17) is 14.2 Å². The fraction of sp³-hybridized carbons (Fsp3) is 0.596. The molecule has 0 aliphatic heterocycles. The van der Waals surface area contributed by atoms with Crippen LogP contribution < -0.4 is 0 Å². The van der Waals surface area contributed by atoms with Crippen molar-refractivity contribution < 1.29 is 28.6 Å². The first kappa shape index (κ1) is 58.8. The van der Waals surface area contributed by atoms with Crippen LogP contribution in [0.5, 0.6) is 0 Å². The molecule has 0 fully saturated rings. The Morgan fingerprint density at radius 2 is 0.651 bits per heavy atom. The molecule has 1 unspecified atom stereocenters. The molecule has 0 saturated carbocycles. The summed E-state index contributed by atoms with van der Waals surface area (Å²) in [5, 5.41) is 0. The van der Waals surface area contributed by atoms with Gasteiger partial charge in [-0.2, -0.15) is 0 Å². The Morgan fingerprint density at radius 3 is 1.06 bits per heavy atom. The third-order valence-corrected chi connectivity index (χ3v) is 9.96. The molecule has 354 valence electrons. The Bertz CT molecular complexity index is 1370. The Hall–Kier alpha value is -4.19. The summed E-state index contributed by atoms with van der Waals surface area (Å²) in [6.45, 7) is 6.23. The summed E-state index contributed by atoms with van der Waals surface area (Å²) in [6, 6.07) is 0. The maximum Gasteiger partial charge on any atom is 0.306 e. The number of hydrogen-bond donors (Lipinski definition) is 0. The summed E-state index contributed by atoms with van der Waals surface area (Å²) >= 11 is 0. The lowest BCUT2D eigenvalue weighted by atomic mass is 10.1. The SMILES string of the molecule is CC/C=C\C/C=C\C/C=C\C/C=C\CCC(=O)OCC(COC(=O)CCCCCCCCCCC/C=C\C/C=C\CCCCC)OC(=O)CC/C=C\C/C=C\C/C=C\C/C=C\CC. The van der Waals surface area contributed by atoms with Crippen LogP contribution in [0.15, 0.2) is 122 Å². The number of carbonyl (C=O) groups excluding carboxylic acids is 3. The van der Waals surface area contributed by atoms with Crippen molar-refractivity contribution >= 4 is 17.9 Å². The van der Waals surface area contributed by atoms with Gasteiger partial charge in [-0.1, -0.05) is 200 Å². The van der Waals surface area contributed by atoms with E-state index in [-0.39, 0.29) is 38.0 Å². The highest BCUT2D eigenvalue weighted by Gasteiger charge is 2.19. The van der Waals surface area contributed by atoms with Crippen molar-refractivity contribution in [2.75, 3.05) is 13.2 Å². The van der Waals surface area contributed by atoms with E-state index in [0.29, 0.717) is 19.3 Å². The smallest absolute Gasteiger partial charge is 0.306 e. The first-order valence-electron chi connectivity index (χ1n) is 25.0. The minimum atomic E-state index is -0.849. The molecule has 0 saturated heterocycles. The van der Waals surface area contributed by atoms with Crippen molar-refractivity contribution in [1.82, 2.24) is 0 Å². The minimum absolute atomic E-state index is 0.134. The van der Waals surface area contributed by atoms with Gasteiger partial charge in [0.05, 0.1) is 0 Å². The van der Waals surface area contributed by atoms with Gasteiger partial charge in [0.1, 0.15) is 13.2 Å². The fourth-order valence-electron chi connectivity index (χ4n) is 6.26. The molecule has 0 aromatic carbocycles. The average molecular weight is 871 g/mol. The van der Waals surface area contributed by atoms with E-state index < -0.39 is 12.1 Å². The molecule has 1 atom stereocenters. The molecule has 0 radical (unpaired) electrons. The highest BCUT2D eigenvalue weighted by molar-refractivity contribution is 5.71. The molecule has 0 rings (SSSR count). The predicted molar refractivity (Wildman–Crippen MR) is 269 cm³/mol. The summed E-state index contributed by atoms with van der Waals surface area (Å²) in [5.74, 6) is -1.12. The second-order valence-corrected chi connectivity index (χ2v) is 16.0. The molecular formula is C57H90O6. The topological polar surface area (TPSA) is 78.9 Å². The van der Waals surface area contributed by atoms with Crippen molar-refractivity contribution in [2.45, 2.75) is 207 Å². The lowest BCUT2D eigenvalue weighted by molar-refractivity contribution is -0.166. The largest absolute Gasteiger partial charge is 0.462 e. The van der Waals surface area contributed by atoms with Crippen LogP contribution in [0.25, 0.3) is 0 Å². The van der Waals surface area contributed by atoms with E-state index in [9.17, 15) is 14.4 Å². The summed E-state index contributed by atoms with van der Waals surface area (Å²) in [4.78, 5) is 37.8. The molecule has 0 N–H and O–H groups in total. The Morgan fingerprint density at radius 1 is 0.333 bits per heavy atom. The number of carbonyl (C=O) groups is 3. The highest BCUT2D eigenvalue weighted by Crippen LogP contribution is 2.13. The Kier molecular flexibility index (Phi) is 47.1. The number of unbranched alkanes of at least 4 members (excludes halogenated alkanes) is 12. The van der Waals surface area contributed by atoms with Crippen LogP contribution in [-0.2, 0) is 28.6 Å². The van der Waals surface area contributed by atoms with E-state index in [2.05, 4.69) is 118 Å². The molecular weight excluding hydrogens is 781 g/mol. The molecule has 0 aromatic heterocycles. The van der Waals surface area contributed by atoms with Gasteiger partial charge in [0, 0.05) is 19.3 Å². The standard InChI is InChI=1S/C57H90O6/c1-4-7-10-13-16-19-22-25-26-27-28-29-30-33-35-38-41-44-47-50-56(59)62-53-54(63-57(60)51-48-45-42-39-36-32-24-21-18-15-12-9-6-3)52-61-55(58)49-46-43-40-37-34-31-23-20-17-14-11-8-5-2/h8-9,11-12,16-21,25-26,31-32,34,36,40,42-43,45,54H,4-7,10,13-15,22-24,27-30,33,35,37-39,41,44,46-53H2,1-3H3/b11-8-,12-9-,19-16-,20-17-,21-18-,26-25-,34-31-,36-32-,43-40-,45-42-. The molecule has 0 aromatic rings. The van der Waals surface area contributed by atoms with Crippen molar-refractivity contribution in [1.29, 1.82) is 0 Å². The van der Waals surface area contributed by atoms with E-state index in [0.717, 1.165) is 77.0 Å². The van der Waals surface area contributed by atoms with Gasteiger partial charge in [-0.15, -0.1) is 0 Å². The maximum absolute atomic E-state index is 12.7. The zero-order valence-electron chi connectivity index (χ0n) is 40.3. The molecule has 0 spiro atoms. The summed E-state index contributed by atoms with van der Waals surface area (Å²) in [7, 11) is 0. The van der Waals surface area contributed by atoms with Crippen LogP contribution in [0.2, 0.25) is 0 Å². The van der Waals surface area contributed by atoms with Gasteiger partial charge in [-0.05, 0) is 103 Å². The second kappa shape index (κ2) is 50.5. The van der Waals surface area contributed by atoms with Crippen LogP contribution in [0, 0.1) is 0 Å². The lowest BCUT2D eigenvalue weighted by Gasteiger charge is -2.18. The first-order chi connectivity index (χ1) is 31.0. The summed E-state index contributed by atoms with van der Waals surface area (Å²) in [6.07, 6.45) is 69.3. The van der Waals surface area contributed by atoms with Crippen molar-refractivity contribution in [2.24, 2.45) is 0 Å². The molecule has 63 heavy (non-hydrogen) atoms. The number of allylic oxidation sites excluding steroid dienone is 20. The molecule has 6 nitrogen and oxygen atoms in total. The molecule has 0 aliphatic carbocycles. The normalized spacial score (nSPS) is 13.1. The summed E-state index contributed by atoms with van der Waals surface area (Å²) in [5.41, 5.74) is 0. The predicted octanol–water partition coefficient (Wildman–Crippen LogP) is 16.5. The molecule has 0 aliphatic rings. The van der Waals surface area contributed by atoms with Gasteiger partial charge >= 0.3 is 17.9 Å². The molecule has 6 heteroatoms. The molecule has 0 bridgehead atoms. The first-order valence-corrected chi connectivity index (χ1v) is 25.0. The monoisotopic (exact) mass is 871 g/mol. The van der Waals surface area contributed by atoms with Crippen LogP contribution in [-0.4, -0.2) is 37.2 Å². The Labute approximate surface area is 386 Å². The van der Waals surface area contributed by atoms with Crippen LogP contribution in [0.1, 0.15) is 201 Å². The number of rotatable bonds is 43. The van der Waals surface area contributed by atoms with Crippen molar-refractivity contribution in [3.05, 3.63) is 122 Å². The quantitative estimate of drug-likeness (QED) is 0.0263. The van der Waals surface area contributed by atoms with Gasteiger partial charge in [0.25, 0.3) is 0 Å². The zero-order valence-corrected chi connectivity index (χ0v) is 40.3. The van der Waals surface area contributed by atoms with Gasteiger partial charge in [0.2, 0.25) is 0 Å².